The Kier molecular flexibility index (Phi) is 68.2. The third-order valence-corrected chi connectivity index (χ3v) is 19.7. The van der Waals surface area contributed by atoms with Crippen molar-refractivity contribution in [1.29, 1.82) is 0 Å². The summed E-state index contributed by atoms with van der Waals surface area (Å²) in [5, 5.41) is 20.0. The fraction of sp³-hybridized carbons (Fsp3) is 0.933. The molecule has 0 spiro atoms. The molecule has 95 heavy (non-hydrogen) atoms. The van der Waals surface area contributed by atoms with Gasteiger partial charge in [-0.2, -0.15) is 0 Å². The van der Waals surface area contributed by atoms with Crippen LogP contribution in [0.15, 0.2) is 5.16 Å². The number of phosphoric ester groups is 2. The minimum absolute atomic E-state index is 0.195. The van der Waals surface area contributed by atoms with Crippen LogP contribution in [0.3, 0.4) is 0 Å². The van der Waals surface area contributed by atoms with E-state index in [2.05, 4.69) is 43.5 Å². The molecule has 0 aromatic rings. The molecule has 0 saturated heterocycles. The molecule has 0 saturated carbocycles. The maximum atomic E-state index is 13.9. The van der Waals surface area contributed by atoms with Crippen molar-refractivity contribution < 1.29 is 70.5 Å². The maximum absolute atomic E-state index is 13.9. The van der Waals surface area contributed by atoms with Crippen molar-refractivity contribution in [3.05, 3.63) is 0 Å². The van der Waals surface area contributed by atoms with Gasteiger partial charge in [0.2, 0.25) is 11.8 Å². The monoisotopic (exact) mass is 1390 g/mol. The van der Waals surface area contributed by atoms with Crippen LogP contribution in [0.2, 0.25) is 0 Å². The van der Waals surface area contributed by atoms with Crippen molar-refractivity contribution in [2.45, 2.75) is 412 Å². The zero-order valence-corrected chi connectivity index (χ0v) is 63.4. The van der Waals surface area contributed by atoms with Crippen molar-refractivity contribution in [1.82, 2.24) is 10.6 Å². The number of hydrogen-bond acceptors (Lipinski definition) is 16. The van der Waals surface area contributed by atoms with Gasteiger partial charge >= 0.3 is 19.8 Å². The highest BCUT2D eigenvalue weighted by atomic mass is 31.2. The summed E-state index contributed by atoms with van der Waals surface area (Å²) in [6, 6.07) is -1.97. The molecule has 0 bridgehead atoms. The zero-order chi connectivity index (χ0) is 69.7. The molecule has 0 aliphatic rings. The highest BCUT2D eigenvalue weighted by molar-refractivity contribution is 7.48. The first-order chi connectivity index (χ1) is 46.2. The molecule has 0 aromatic carbocycles. The molecule has 0 radical (unpaired) electrons. The van der Waals surface area contributed by atoms with E-state index in [0.29, 0.717) is 25.7 Å². The second-order valence-electron chi connectivity index (χ2n) is 27.0. The number of nitrogens with one attached hydrogen (secondary N) is 2. The first kappa shape index (κ1) is 92.6. The van der Waals surface area contributed by atoms with Gasteiger partial charge in [0.25, 0.3) is 7.82 Å². The van der Waals surface area contributed by atoms with Gasteiger partial charge in [-0.3, -0.25) is 37.4 Å². The van der Waals surface area contributed by atoms with Crippen molar-refractivity contribution >= 4 is 45.6 Å². The SMILES string of the molecule is CC=NOP(=O)(OCC(O)COP(=O)([O-])OCC(COC(=O)CCCCCCCCCCCCCCC)NC(=O)CCCCCCCCCCCCCCC)OCC(COC(=O)CCCCCCCCCCCCCCC)NC(=O)CCCCCCCCCCCCCCC. The van der Waals surface area contributed by atoms with Crippen molar-refractivity contribution in [2.24, 2.45) is 5.16 Å². The van der Waals surface area contributed by atoms with Crippen molar-refractivity contribution in [3.63, 3.8) is 0 Å². The number of aliphatic hydroxyl groups excluding tert-OH is 1. The van der Waals surface area contributed by atoms with Gasteiger partial charge in [0, 0.05) is 31.9 Å². The van der Waals surface area contributed by atoms with E-state index in [-0.39, 0.29) is 50.7 Å². The predicted molar refractivity (Wildman–Crippen MR) is 387 cm³/mol. The Balaban J connectivity index is 5.50. The number of nitrogens with zero attached hydrogens (tertiary/aromatic N) is 1. The maximum Gasteiger partial charge on any atom is 0.550 e. The van der Waals surface area contributed by atoms with E-state index < -0.39 is 72.2 Å². The molecule has 0 aromatic heterocycles. The van der Waals surface area contributed by atoms with Crippen LogP contribution in [-0.4, -0.2) is 92.9 Å². The summed E-state index contributed by atoms with van der Waals surface area (Å²) in [6.45, 7) is 7.03. The number of amides is 2. The van der Waals surface area contributed by atoms with Crippen molar-refractivity contribution in [2.75, 3.05) is 39.6 Å². The highest BCUT2D eigenvalue weighted by Crippen LogP contribution is 2.50. The van der Waals surface area contributed by atoms with Gasteiger partial charge in [-0.15, -0.1) is 0 Å². The van der Waals surface area contributed by atoms with Crippen LogP contribution in [0.5, 0.6) is 0 Å². The number of phosphoric acid groups is 2. The molecule has 3 N–H and O–H groups in total. The molecule has 0 rings (SSSR count). The Hall–Kier alpha value is -2.43. The third-order valence-electron chi connectivity index (χ3n) is 17.6. The number of aliphatic hydroxyl groups is 1. The van der Waals surface area contributed by atoms with Gasteiger partial charge in [-0.05, 0) is 32.6 Å². The van der Waals surface area contributed by atoms with Crippen LogP contribution in [0, 0.1) is 0 Å². The van der Waals surface area contributed by atoms with Gasteiger partial charge in [-0.25, -0.2) is 4.57 Å². The molecular formula is C75H146N3O15P2-. The van der Waals surface area contributed by atoms with E-state index in [1.54, 1.807) is 0 Å². The molecule has 20 heteroatoms. The first-order valence-electron chi connectivity index (χ1n) is 39.5. The summed E-state index contributed by atoms with van der Waals surface area (Å²) in [5.41, 5.74) is 0. The van der Waals surface area contributed by atoms with Crippen LogP contribution in [0.4, 0.5) is 0 Å². The van der Waals surface area contributed by atoms with Crippen LogP contribution in [-0.2, 0) is 60.5 Å². The Morgan fingerprint density at radius 2 is 0.589 bits per heavy atom. The summed E-state index contributed by atoms with van der Waals surface area (Å²) in [7, 11) is -9.82. The van der Waals surface area contributed by atoms with E-state index in [0.717, 1.165) is 77.0 Å². The summed E-state index contributed by atoms with van der Waals surface area (Å²) in [6.07, 6.45) is 61.1. The van der Waals surface area contributed by atoms with Gasteiger partial charge in [0.15, 0.2) is 0 Å². The largest absolute Gasteiger partial charge is 0.756 e. The van der Waals surface area contributed by atoms with Gasteiger partial charge in [-0.1, -0.05) is 341 Å². The number of carbonyl (C=O) groups is 4. The van der Waals surface area contributed by atoms with Crippen LogP contribution < -0.4 is 15.5 Å². The quantitative estimate of drug-likeness (QED) is 0.0168. The lowest BCUT2D eigenvalue weighted by Crippen LogP contribution is -2.42. The Labute approximate surface area is 581 Å². The fourth-order valence-electron chi connectivity index (χ4n) is 11.6. The topological polar surface area (TPSA) is 247 Å². The van der Waals surface area contributed by atoms with E-state index in [1.807, 2.05) is 0 Å². The first-order valence-corrected chi connectivity index (χ1v) is 42.4. The van der Waals surface area contributed by atoms with E-state index in [4.69, 9.17) is 32.2 Å². The molecule has 562 valence electrons. The zero-order valence-electron chi connectivity index (χ0n) is 61.7. The normalized spacial score (nSPS) is 13.9. The molecule has 0 aliphatic heterocycles. The molecule has 0 fully saturated rings. The molecule has 5 atom stereocenters. The predicted octanol–water partition coefficient (Wildman–Crippen LogP) is 21.0. The summed E-state index contributed by atoms with van der Waals surface area (Å²) >= 11 is 0. The number of rotatable bonds is 76. The Morgan fingerprint density at radius 3 is 0.874 bits per heavy atom. The Bertz CT molecular complexity index is 1870. The van der Waals surface area contributed by atoms with Crippen LogP contribution in [0.1, 0.15) is 394 Å². The van der Waals surface area contributed by atoms with Gasteiger partial charge in [0.1, 0.15) is 19.3 Å². The molecule has 0 heterocycles. The van der Waals surface area contributed by atoms with Crippen molar-refractivity contribution in [3.8, 4) is 0 Å². The lowest BCUT2D eigenvalue weighted by Gasteiger charge is -2.27. The molecule has 2 amide bonds. The second kappa shape index (κ2) is 70.0. The molecule has 0 aliphatic carbocycles. The minimum Gasteiger partial charge on any atom is -0.756 e. The standard InChI is InChI=1S/C75H147N3O15P2/c1-6-11-15-19-23-27-31-35-39-43-47-51-55-59-72(80)77-69(63-87-74(82)61-57-53-49-45-41-37-33-29-25-21-17-13-8-3)65-89-94(84,85)90-67-71(79)68-92-95(86,93-76-10-5)91-66-70(78-73(81)60-56-52-48-44-40-36-32-28-24-20-16-12-7-2)64-88-75(83)62-58-54-50-46-42-38-34-30-26-22-18-14-9-4/h10,69-71,79H,6-9,11-68H2,1-5H3,(H,77,80)(H,78,81)(H,84,85)/p-1. The number of carbonyl (C=O) groups excluding carboxylic acids is 4. The molecular weight excluding hydrogens is 1240 g/mol. The molecule has 18 nitrogen and oxygen atoms in total. The number of oxime groups is 1. The average Bonchev–Trinajstić information content (AvgIpc) is 1.20. The van der Waals surface area contributed by atoms with E-state index in [1.165, 1.54) is 244 Å². The second-order valence-corrected chi connectivity index (χ2v) is 30.0. The van der Waals surface area contributed by atoms with Gasteiger partial charge < -0.3 is 39.2 Å². The lowest BCUT2D eigenvalue weighted by atomic mass is 10.0. The number of ether oxygens (including phenoxy) is 2. The number of esters is 2. The third kappa shape index (κ3) is 67.2. The van der Waals surface area contributed by atoms with Crippen LogP contribution >= 0.6 is 15.6 Å². The van der Waals surface area contributed by atoms with E-state index >= 15 is 0 Å². The molecule has 5 unspecified atom stereocenters. The summed E-state index contributed by atoms with van der Waals surface area (Å²) in [4.78, 5) is 65.4. The highest BCUT2D eigenvalue weighted by Gasteiger charge is 2.33. The minimum atomic E-state index is -5.16. The lowest BCUT2D eigenvalue weighted by molar-refractivity contribution is -0.228. The number of hydrogen-bond donors (Lipinski definition) is 3. The van der Waals surface area contributed by atoms with E-state index in [9.17, 15) is 38.3 Å². The van der Waals surface area contributed by atoms with Gasteiger partial charge in [0.05, 0.1) is 38.5 Å². The summed E-state index contributed by atoms with van der Waals surface area (Å²) in [5.74, 6) is -1.52. The van der Waals surface area contributed by atoms with Crippen LogP contribution in [0.25, 0.3) is 0 Å². The summed E-state index contributed by atoms with van der Waals surface area (Å²) < 4.78 is 64.5. The smallest absolute Gasteiger partial charge is 0.550 e. The fourth-order valence-corrected chi connectivity index (χ4v) is 13.5. The number of unbranched alkanes of at least 4 members (excludes halogenated alkanes) is 48. The Morgan fingerprint density at radius 1 is 0.358 bits per heavy atom. The average molecular weight is 1390 g/mol.